The number of hydrogen-bond acceptors (Lipinski definition) is 6. The van der Waals surface area contributed by atoms with Crippen molar-refractivity contribution in [3.05, 3.63) is 28.8 Å². The van der Waals surface area contributed by atoms with E-state index in [2.05, 4.69) is 38.4 Å². The van der Waals surface area contributed by atoms with Crippen LogP contribution in [0.4, 0.5) is 0 Å². The molecular formula is C12H20N6S. The molecule has 0 aliphatic carbocycles. The second-order valence-electron chi connectivity index (χ2n) is 4.39. The lowest BCUT2D eigenvalue weighted by Gasteiger charge is -2.15. The van der Waals surface area contributed by atoms with E-state index in [1.807, 2.05) is 12.4 Å². The van der Waals surface area contributed by atoms with Crippen LogP contribution < -0.4 is 11.3 Å². The third-order valence-electron chi connectivity index (χ3n) is 3.12. The van der Waals surface area contributed by atoms with Gasteiger partial charge in [-0.05, 0) is 24.9 Å². The summed E-state index contributed by atoms with van der Waals surface area (Å²) >= 11 is 1.42. The molecule has 0 aromatic carbocycles. The molecule has 1 atom stereocenters. The largest absolute Gasteiger partial charge is 0.335 e. The molecule has 104 valence electrons. The molecule has 2 aromatic rings. The van der Waals surface area contributed by atoms with Crippen LogP contribution in [0.25, 0.3) is 0 Å². The van der Waals surface area contributed by atoms with Crippen molar-refractivity contribution in [2.45, 2.75) is 45.7 Å². The Hall–Kier alpha value is -1.31. The van der Waals surface area contributed by atoms with Gasteiger partial charge in [0.1, 0.15) is 5.82 Å². The number of hydrogen-bond donors (Lipinski definition) is 2. The average molecular weight is 280 g/mol. The maximum absolute atomic E-state index is 5.70. The number of aromatic nitrogens is 4. The highest BCUT2D eigenvalue weighted by atomic mass is 32.1. The first kappa shape index (κ1) is 14.1. The Labute approximate surface area is 117 Å². The Kier molecular flexibility index (Phi) is 5.00. The van der Waals surface area contributed by atoms with Crippen LogP contribution in [0.15, 0.2) is 12.4 Å². The second-order valence-corrected chi connectivity index (χ2v) is 5.17. The van der Waals surface area contributed by atoms with Crippen LogP contribution in [0.3, 0.4) is 0 Å². The highest BCUT2D eigenvalue weighted by Crippen LogP contribution is 2.24. The number of imidazole rings is 1. The van der Waals surface area contributed by atoms with Crippen LogP contribution in [-0.2, 0) is 19.4 Å². The van der Waals surface area contributed by atoms with Crippen LogP contribution in [0.5, 0.6) is 0 Å². The fourth-order valence-corrected chi connectivity index (χ4v) is 2.87. The number of aryl methyl sites for hydroxylation is 2. The normalized spacial score (nSPS) is 12.8. The molecule has 7 heteroatoms. The van der Waals surface area contributed by atoms with Gasteiger partial charge in [0, 0.05) is 25.4 Å². The zero-order chi connectivity index (χ0) is 13.7. The molecule has 2 heterocycles. The van der Waals surface area contributed by atoms with E-state index >= 15 is 0 Å². The average Bonchev–Trinajstić information content (AvgIpc) is 3.05. The van der Waals surface area contributed by atoms with Crippen LogP contribution in [0.2, 0.25) is 0 Å². The summed E-state index contributed by atoms with van der Waals surface area (Å²) in [5.41, 5.74) is 3.92. The zero-order valence-corrected chi connectivity index (χ0v) is 12.2. The first-order chi connectivity index (χ1) is 9.30. The smallest absolute Gasteiger partial charge is 0.110 e. The number of nitrogens with two attached hydrogens (primary N) is 1. The van der Waals surface area contributed by atoms with E-state index < -0.39 is 0 Å². The second kappa shape index (κ2) is 6.74. The molecule has 6 nitrogen and oxygen atoms in total. The lowest BCUT2D eigenvalue weighted by atomic mass is 10.1. The third-order valence-corrected chi connectivity index (χ3v) is 4.00. The minimum atomic E-state index is 0.0225. The SMILES string of the molecule is CCCc1nnsc1C(Cc1nccn1CC)NN. The van der Waals surface area contributed by atoms with Gasteiger partial charge in [-0.15, -0.1) is 5.10 Å². The maximum Gasteiger partial charge on any atom is 0.110 e. The molecule has 0 spiro atoms. The lowest BCUT2D eigenvalue weighted by Crippen LogP contribution is -2.30. The van der Waals surface area contributed by atoms with Crippen molar-refractivity contribution in [1.82, 2.24) is 24.6 Å². The molecular weight excluding hydrogens is 260 g/mol. The molecule has 3 N–H and O–H groups in total. The van der Waals surface area contributed by atoms with Crippen molar-refractivity contribution < 1.29 is 0 Å². The zero-order valence-electron chi connectivity index (χ0n) is 11.3. The summed E-state index contributed by atoms with van der Waals surface area (Å²) in [7, 11) is 0. The van der Waals surface area contributed by atoms with Crippen molar-refractivity contribution >= 4 is 11.5 Å². The van der Waals surface area contributed by atoms with Crippen LogP contribution >= 0.6 is 11.5 Å². The first-order valence-corrected chi connectivity index (χ1v) is 7.34. The van der Waals surface area contributed by atoms with Crippen molar-refractivity contribution in [3.8, 4) is 0 Å². The molecule has 0 bridgehead atoms. The Balaban J connectivity index is 2.18. The van der Waals surface area contributed by atoms with Gasteiger partial charge in [0.2, 0.25) is 0 Å². The standard InChI is InChI=1S/C12H20N6S/c1-3-5-9-12(19-17-16-9)10(15-13)8-11-14-6-7-18(11)4-2/h6-7,10,15H,3-5,8,13H2,1-2H3. The van der Waals surface area contributed by atoms with Crippen molar-refractivity contribution in [2.24, 2.45) is 5.84 Å². The first-order valence-electron chi connectivity index (χ1n) is 6.57. The fraction of sp³-hybridized carbons (Fsp3) is 0.583. The van der Waals surface area contributed by atoms with Gasteiger partial charge in [-0.2, -0.15) is 0 Å². The number of hydrazine groups is 1. The van der Waals surface area contributed by atoms with E-state index in [-0.39, 0.29) is 6.04 Å². The monoisotopic (exact) mass is 280 g/mol. The molecule has 1 unspecified atom stereocenters. The summed E-state index contributed by atoms with van der Waals surface area (Å²) < 4.78 is 6.17. The van der Waals surface area contributed by atoms with Gasteiger partial charge in [-0.3, -0.25) is 11.3 Å². The Bertz CT molecular complexity index is 506. The van der Waals surface area contributed by atoms with Crippen molar-refractivity contribution in [1.29, 1.82) is 0 Å². The quantitative estimate of drug-likeness (QED) is 0.592. The molecule has 0 amide bonds. The number of nitrogens with one attached hydrogen (secondary N) is 1. The molecule has 2 rings (SSSR count). The highest BCUT2D eigenvalue weighted by Gasteiger charge is 2.20. The van der Waals surface area contributed by atoms with Gasteiger partial charge in [-0.1, -0.05) is 17.8 Å². The highest BCUT2D eigenvalue weighted by molar-refractivity contribution is 7.05. The number of nitrogens with zero attached hydrogens (tertiary/aromatic N) is 4. The predicted octanol–water partition coefficient (Wildman–Crippen LogP) is 1.45. The predicted molar refractivity (Wildman–Crippen MR) is 75.6 cm³/mol. The number of rotatable bonds is 7. The van der Waals surface area contributed by atoms with Gasteiger partial charge in [0.15, 0.2) is 0 Å². The minimum absolute atomic E-state index is 0.0225. The molecule has 0 radical (unpaired) electrons. The summed E-state index contributed by atoms with van der Waals surface area (Å²) in [6, 6.07) is 0.0225. The van der Waals surface area contributed by atoms with E-state index in [0.717, 1.165) is 42.2 Å². The Morgan fingerprint density at radius 2 is 2.32 bits per heavy atom. The molecule has 0 saturated carbocycles. The topological polar surface area (TPSA) is 81.7 Å². The van der Waals surface area contributed by atoms with E-state index in [1.165, 1.54) is 11.5 Å². The van der Waals surface area contributed by atoms with Crippen LogP contribution in [0.1, 0.15) is 42.7 Å². The minimum Gasteiger partial charge on any atom is -0.335 e. The molecule has 0 fully saturated rings. The van der Waals surface area contributed by atoms with Crippen LogP contribution in [0, 0.1) is 0 Å². The lowest BCUT2D eigenvalue weighted by molar-refractivity contribution is 0.525. The molecule has 19 heavy (non-hydrogen) atoms. The Morgan fingerprint density at radius 3 is 3.00 bits per heavy atom. The van der Waals surface area contributed by atoms with Crippen molar-refractivity contribution in [2.75, 3.05) is 0 Å². The summed E-state index contributed by atoms with van der Waals surface area (Å²) in [5, 5.41) is 4.19. The van der Waals surface area contributed by atoms with Crippen LogP contribution in [-0.4, -0.2) is 19.1 Å². The van der Waals surface area contributed by atoms with Gasteiger partial charge in [0.05, 0.1) is 16.6 Å². The van der Waals surface area contributed by atoms with E-state index in [0.29, 0.717) is 0 Å². The van der Waals surface area contributed by atoms with E-state index in [1.54, 1.807) is 0 Å². The third kappa shape index (κ3) is 3.17. The van der Waals surface area contributed by atoms with E-state index in [9.17, 15) is 0 Å². The van der Waals surface area contributed by atoms with Crippen molar-refractivity contribution in [3.63, 3.8) is 0 Å². The molecule has 0 aliphatic heterocycles. The summed E-state index contributed by atoms with van der Waals surface area (Å²) in [4.78, 5) is 5.51. The van der Waals surface area contributed by atoms with Gasteiger partial charge >= 0.3 is 0 Å². The summed E-state index contributed by atoms with van der Waals surface area (Å²) in [6.07, 6.45) is 6.55. The van der Waals surface area contributed by atoms with Gasteiger partial charge < -0.3 is 4.57 Å². The van der Waals surface area contributed by atoms with Gasteiger partial charge in [0.25, 0.3) is 0 Å². The fourth-order valence-electron chi connectivity index (χ4n) is 2.12. The Morgan fingerprint density at radius 1 is 1.47 bits per heavy atom. The van der Waals surface area contributed by atoms with E-state index in [4.69, 9.17) is 5.84 Å². The molecule has 0 saturated heterocycles. The maximum atomic E-state index is 5.70. The molecule has 0 aliphatic rings. The summed E-state index contributed by atoms with van der Waals surface area (Å²) in [5.74, 6) is 6.73. The molecule has 2 aromatic heterocycles. The van der Waals surface area contributed by atoms with Gasteiger partial charge in [-0.25, -0.2) is 4.98 Å². The summed E-state index contributed by atoms with van der Waals surface area (Å²) in [6.45, 7) is 5.15.